The highest BCUT2D eigenvalue weighted by Gasteiger charge is 2.08. The van der Waals surface area contributed by atoms with Crippen molar-refractivity contribution in [2.24, 2.45) is 0 Å². The first-order valence-electron chi connectivity index (χ1n) is 4.35. The zero-order valence-corrected chi connectivity index (χ0v) is 8.12. The number of hydrogen-bond acceptors (Lipinski definition) is 3. The number of nitrogen functional groups attached to an aromatic ring is 1. The summed E-state index contributed by atoms with van der Waals surface area (Å²) in [5, 5.41) is 6.47. The first kappa shape index (κ1) is 9.51. The number of hydrogen-bond donors (Lipinski definition) is 2. The number of benzene rings is 1. The summed E-state index contributed by atoms with van der Waals surface area (Å²) in [5.74, 6) is -0.221. The summed E-state index contributed by atoms with van der Waals surface area (Å²) in [6, 6.07) is 4.61. The largest absolute Gasteiger partial charge is 0.494 e. The van der Waals surface area contributed by atoms with Crippen molar-refractivity contribution < 1.29 is 9.13 Å². The Bertz CT molecular complexity index is 481. The van der Waals surface area contributed by atoms with E-state index in [1.165, 1.54) is 19.4 Å². The molecule has 1 heterocycles. The van der Waals surface area contributed by atoms with Gasteiger partial charge in [0, 0.05) is 5.56 Å². The highest BCUT2D eigenvalue weighted by atomic mass is 19.1. The van der Waals surface area contributed by atoms with Crippen LogP contribution in [0.15, 0.2) is 24.4 Å². The molecule has 1 aromatic carbocycles. The zero-order valence-electron chi connectivity index (χ0n) is 8.12. The fourth-order valence-corrected chi connectivity index (χ4v) is 1.35. The summed E-state index contributed by atoms with van der Waals surface area (Å²) in [4.78, 5) is 0. The van der Waals surface area contributed by atoms with Gasteiger partial charge in [-0.05, 0) is 18.2 Å². The van der Waals surface area contributed by atoms with Crippen LogP contribution in [0.25, 0.3) is 11.3 Å². The minimum absolute atomic E-state index is 0.205. The molecule has 4 nitrogen and oxygen atoms in total. The van der Waals surface area contributed by atoms with Gasteiger partial charge in [-0.25, -0.2) is 4.39 Å². The molecule has 0 fully saturated rings. The summed E-state index contributed by atoms with van der Waals surface area (Å²) < 4.78 is 18.2. The maximum Gasteiger partial charge on any atom is 0.165 e. The van der Waals surface area contributed by atoms with E-state index in [0.29, 0.717) is 16.9 Å². The molecule has 1 aromatic heterocycles. The molecule has 15 heavy (non-hydrogen) atoms. The lowest BCUT2D eigenvalue weighted by atomic mass is 10.1. The standard InChI is InChI=1S/C10H10FN3O/c1-15-9-3-2-6(4-7(9)11)10-8(12)5-13-14-10/h2-5H,12H2,1H3,(H,13,14). The number of anilines is 1. The Hall–Kier alpha value is -2.04. The molecule has 0 aliphatic heterocycles. The van der Waals surface area contributed by atoms with Crippen LogP contribution in [0, 0.1) is 5.82 Å². The van der Waals surface area contributed by atoms with Gasteiger partial charge in [0.1, 0.15) is 0 Å². The molecule has 0 spiro atoms. The second-order valence-corrected chi connectivity index (χ2v) is 3.05. The molecular formula is C10H10FN3O. The van der Waals surface area contributed by atoms with Crippen molar-refractivity contribution in [1.82, 2.24) is 10.2 Å². The Morgan fingerprint density at radius 2 is 2.27 bits per heavy atom. The van der Waals surface area contributed by atoms with E-state index < -0.39 is 5.82 Å². The number of H-pyrrole nitrogens is 1. The number of halogens is 1. The van der Waals surface area contributed by atoms with Gasteiger partial charge in [0.15, 0.2) is 11.6 Å². The van der Waals surface area contributed by atoms with Gasteiger partial charge >= 0.3 is 0 Å². The smallest absolute Gasteiger partial charge is 0.165 e. The van der Waals surface area contributed by atoms with Gasteiger partial charge in [0.2, 0.25) is 0 Å². The van der Waals surface area contributed by atoms with Crippen molar-refractivity contribution in [3.63, 3.8) is 0 Å². The summed E-state index contributed by atoms with van der Waals surface area (Å²) >= 11 is 0. The molecule has 2 rings (SSSR count). The average molecular weight is 207 g/mol. The topological polar surface area (TPSA) is 63.9 Å². The van der Waals surface area contributed by atoms with E-state index in [9.17, 15) is 4.39 Å². The van der Waals surface area contributed by atoms with E-state index in [-0.39, 0.29) is 5.75 Å². The van der Waals surface area contributed by atoms with Gasteiger partial charge in [0.05, 0.1) is 24.7 Å². The number of aromatic amines is 1. The second-order valence-electron chi connectivity index (χ2n) is 3.05. The molecule has 0 saturated heterocycles. The van der Waals surface area contributed by atoms with Crippen LogP contribution in [0.5, 0.6) is 5.75 Å². The van der Waals surface area contributed by atoms with E-state index in [0.717, 1.165) is 0 Å². The van der Waals surface area contributed by atoms with E-state index in [1.807, 2.05) is 0 Å². The van der Waals surface area contributed by atoms with Crippen LogP contribution in [-0.4, -0.2) is 17.3 Å². The third kappa shape index (κ3) is 1.63. The minimum Gasteiger partial charge on any atom is -0.494 e. The molecule has 3 N–H and O–H groups in total. The number of ether oxygens (including phenoxy) is 1. The fourth-order valence-electron chi connectivity index (χ4n) is 1.35. The average Bonchev–Trinajstić information content (AvgIpc) is 2.64. The zero-order chi connectivity index (χ0) is 10.8. The number of aromatic nitrogens is 2. The highest BCUT2D eigenvalue weighted by molar-refractivity contribution is 5.72. The summed E-state index contributed by atoms with van der Waals surface area (Å²) in [6.45, 7) is 0. The van der Waals surface area contributed by atoms with Crippen LogP contribution in [-0.2, 0) is 0 Å². The van der Waals surface area contributed by atoms with Crippen LogP contribution in [0.3, 0.4) is 0 Å². The third-order valence-corrected chi connectivity index (χ3v) is 2.11. The lowest BCUT2D eigenvalue weighted by molar-refractivity contribution is 0.386. The number of nitrogens with zero attached hydrogens (tertiary/aromatic N) is 1. The third-order valence-electron chi connectivity index (χ3n) is 2.11. The van der Waals surface area contributed by atoms with Crippen molar-refractivity contribution in [3.05, 3.63) is 30.2 Å². The Kier molecular flexibility index (Phi) is 2.29. The van der Waals surface area contributed by atoms with Crippen molar-refractivity contribution in [3.8, 4) is 17.0 Å². The Balaban J connectivity index is 2.47. The van der Waals surface area contributed by atoms with E-state index in [2.05, 4.69) is 10.2 Å². The van der Waals surface area contributed by atoms with E-state index in [1.54, 1.807) is 12.1 Å². The SMILES string of the molecule is COc1ccc(-c2[nH]ncc2N)cc1F. The van der Waals surface area contributed by atoms with Gasteiger partial charge in [-0.3, -0.25) is 5.10 Å². The maximum absolute atomic E-state index is 13.4. The fraction of sp³-hybridized carbons (Fsp3) is 0.100. The van der Waals surface area contributed by atoms with Crippen LogP contribution in [0.1, 0.15) is 0 Å². The van der Waals surface area contributed by atoms with Crippen molar-refractivity contribution in [2.75, 3.05) is 12.8 Å². The maximum atomic E-state index is 13.4. The predicted octanol–water partition coefficient (Wildman–Crippen LogP) is 1.81. The predicted molar refractivity (Wildman–Crippen MR) is 54.9 cm³/mol. The molecule has 0 aliphatic rings. The van der Waals surface area contributed by atoms with Crippen LogP contribution in [0.2, 0.25) is 0 Å². The molecule has 0 unspecified atom stereocenters. The van der Waals surface area contributed by atoms with Gasteiger partial charge in [-0.15, -0.1) is 0 Å². The monoisotopic (exact) mass is 207 g/mol. The number of rotatable bonds is 2. The number of nitrogens with one attached hydrogen (secondary N) is 1. The van der Waals surface area contributed by atoms with Crippen LogP contribution >= 0.6 is 0 Å². The van der Waals surface area contributed by atoms with Gasteiger partial charge in [-0.1, -0.05) is 0 Å². The number of nitrogens with two attached hydrogens (primary N) is 1. The van der Waals surface area contributed by atoms with Gasteiger partial charge < -0.3 is 10.5 Å². The first-order chi connectivity index (χ1) is 7.22. The van der Waals surface area contributed by atoms with Gasteiger partial charge in [-0.2, -0.15) is 5.10 Å². The lowest BCUT2D eigenvalue weighted by Gasteiger charge is -2.04. The van der Waals surface area contributed by atoms with E-state index >= 15 is 0 Å². The molecule has 0 bridgehead atoms. The van der Waals surface area contributed by atoms with E-state index in [4.69, 9.17) is 10.5 Å². The van der Waals surface area contributed by atoms with Crippen LogP contribution < -0.4 is 10.5 Å². The van der Waals surface area contributed by atoms with Crippen molar-refractivity contribution >= 4 is 5.69 Å². The first-order valence-corrected chi connectivity index (χ1v) is 4.35. The van der Waals surface area contributed by atoms with Crippen LogP contribution in [0.4, 0.5) is 10.1 Å². The minimum atomic E-state index is -0.427. The Labute approximate surface area is 85.9 Å². The summed E-state index contributed by atoms with van der Waals surface area (Å²) in [6.07, 6.45) is 1.48. The lowest BCUT2D eigenvalue weighted by Crippen LogP contribution is -1.91. The molecule has 2 aromatic rings. The molecular weight excluding hydrogens is 197 g/mol. The molecule has 0 aliphatic carbocycles. The Morgan fingerprint density at radius 3 is 2.80 bits per heavy atom. The van der Waals surface area contributed by atoms with Crippen molar-refractivity contribution in [2.45, 2.75) is 0 Å². The molecule has 0 radical (unpaired) electrons. The molecule has 0 saturated carbocycles. The highest BCUT2D eigenvalue weighted by Crippen LogP contribution is 2.27. The Morgan fingerprint density at radius 1 is 1.47 bits per heavy atom. The molecule has 0 amide bonds. The molecule has 78 valence electrons. The summed E-state index contributed by atoms with van der Waals surface area (Å²) in [7, 11) is 1.42. The summed E-state index contributed by atoms with van der Waals surface area (Å²) in [5.41, 5.74) is 7.38. The molecule has 0 atom stereocenters. The molecule has 5 heteroatoms. The quantitative estimate of drug-likeness (QED) is 0.789. The van der Waals surface area contributed by atoms with Gasteiger partial charge in [0.25, 0.3) is 0 Å². The van der Waals surface area contributed by atoms with Crippen molar-refractivity contribution in [1.29, 1.82) is 0 Å². The second kappa shape index (κ2) is 3.61. The normalized spacial score (nSPS) is 10.3. The number of methoxy groups -OCH3 is 1.